The normalized spacial score (nSPS) is 23.8. The van der Waals surface area contributed by atoms with Gasteiger partial charge in [0.15, 0.2) is 0 Å². The molecule has 118 valence electrons. The molecule has 0 aliphatic heterocycles. The molecule has 1 aliphatic carbocycles. The summed E-state index contributed by atoms with van der Waals surface area (Å²) in [7, 11) is 0. The summed E-state index contributed by atoms with van der Waals surface area (Å²) in [4.78, 5) is 0. The maximum absolute atomic E-state index is 6.01. The fourth-order valence-electron chi connectivity index (χ4n) is 3.12. The highest BCUT2D eigenvalue weighted by Gasteiger charge is 2.26. The zero-order valence-electron chi connectivity index (χ0n) is 13.3. The number of benzene rings is 1. The molecule has 1 saturated carbocycles. The zero-order chi connectivity index (χ0) is 15.1. The first kappa shape index (κ1) is 16.6. The van der Waals surface area contributed by atoms with E-state index in [1.807, 2.05) is 24.3 Å². The van der Waals surface area contributed by atoms with E-state index in [4.69, 9.17) is 16.3 Å². The van der Waals surface area contributed by atoms with Crippen molar-refractivity contribution >= 4 is 11.6 Å². The van der Waals surface area contributed by atoms with Crippen molar-refractivity contribution in [1.29, 1.82) is 0 Å². The maximum atomic E-state index is 6.01. The van der Waals surface area contributed by atoms with Gasteiger partial charge in [0.2, 0.25) is 0 Å². The minimum absolute atomic E-state index is 0.455. The largest absolute Gasteiger partial charge is 0.492 e. The molecule has 1 unspecified atom stereocenters. The van der Waals surface area contributed by atoms with Crippen LogP contribution in [0, 0.1) is 11.8 Å². The van der Waals surface area contributed by atoms with Crippen molar-refractivity contribution in [2.45, 2.75) is 52.0 Å². The van der Waals surface area contributed by atoms with E-state index in [1.165, 1.54) is 25.7 Å². The van der Waals surface area contributed by atoms with Gasteiger partial charge in [-0.15, -0.1) is 0 Å². The zero-order valence-corrected chi connectivity index (χ0v) is 14.0. The lowest BCUT2D eigenvalue weighted by Gasteiger charge is -2.33. The van der Waals surface area contributed by atoms with Crippen molar-refractivity contribution in [3.05, 3.63) is 29.3 Å². The summed E-state index contributed by atoms with van der Waals surface area (Å²) in [5, 5.41) is 4.41. The lowest BCUT2D eigenvalue weighted by atomic mass is 9.79. The molecule has 2 nitrogen and oxygen atoms in total. The molecule has 1 aromatic rings. The van der Waals surface area contributed by atoms with Crippen LogP contribution in [0.2, 0.25) is 5.02 Å². The van der Waals surface area contributed by atoms with Gasteiger partial charge in [0, 0.05) is 11.1 Å². The SMILES string of the molecule is CCCNC(COc1cccc(Cl)c1)C1CCC(C)CC1. The van der Waals surface area contributed by atoms with E-state index in [9.17, 15) is 0 Å². The van der Waals surface area contributed by atoms with E-state index < -0.39 is 0 Å². The topological polar surface area (TPSA) is 21.3 Å². The van der Waals surface area contributed by atoms with Crippen molar-refractivity contribution in [3.8, 4) is 5.75 Å². The number of hydrogen-bond acceptors (Lipinski definition) is 2. The van der Waals surface area contributed by atoms with Crippen LogP contribution in [0.25, 0.3) is 0 Å². The molecular formula is C18H28ClNO. The Morgan fingerprint density at radius 2 is 2.05 bits per heavy atom. The molecule has 0 bridgehead atoms. The molecule has 0 spiro atoms. The molecule has 1 aromatic carbocycles. The molecule has 0 aromatic heterocycles. The van der Waals surface area contributed by atoms with Crippen LogP contribution >= 0.6 is 11.6 Å². The number of ether oxygens (including phenoxy) is 1. The summed E-state index contributed by atoms with van der Waals surface area (Å²) < 4.78 is 5.98. The fraction of sp³-hybridized carbons (Fsp3) is 0.667. The quantitative estimate of drug-likeness (QED) is 0.772. The molecule has 0 saturated heterocycles. The van der Waals surface area contributed by atoms with Crippen LogP contribution in [-0.4, -0.2) is 19.2 Å². The summed E-state index contributed by atoms with van der Waals surface area (Å²) >= 11 is 6.01. The molecule has 21 heavy (non-hydrogen) atoms. The average molecular weight is 310 g/mol. The number of rotatable bonds is 7. The molecule has 0 radical (unpaired) electrons. The lowest BCUT2D eigenvalue weighted by molar-refractivity contribution is 0.170. The maximum Gasteiger partial charge on any atom is 0.120 e. The predicted octanol–water partition coefficient (Wildman–Crippen LogP) is 4.91. The first-order chi connectivity index (χ1) is 10.2. The Hall–Kier alpha value is -0.730. The minimum atomic E-state index is 0.455. The Morgan fingerprint density at radius 3 is 2.71 bits per heavy atom. The first-order valence-corrected chi connectivity index (χ1v) is 8.68. The average Bonchev–Trinajstić information content (AvgIpc) is 2.49. The van der Waals surface area contributed by atoms with Gasteiger partial charge < -0.3 is 10.1 Å². The van der Waals surface area contributed by atoms with Crippen molar-refractivity contribution in [1.82, 2.24) is 5.32 Å². The van der Waals surface area contributed by atoms with E-state index in [-0.39, 0.29) is 0 Å². The van der Waals surface area contributed by atoms with Crippen molar-refractivity contribution in [3.63, 3.8) is 0 Å². The smallest absolute Gasteiger partial charge is 0.120 e. The molecule has 1 fully saturated rings. The molecule has 0 amide bonds. The monoisotopic (exact) mass is 309 g/mol. The van der Waals surface area contributed by atoms with Crippen molar-refractivity contribution in [2.75, 3.05) is 13.2 Å². The molecule has 0 heterocycles. The molecule has 3 heteroatoms. The minimum Gasteiger partial charge on any atom is -0.492 e. The third-order valence-electron chi connectivity index (χ3n) is 4.51. The summed E-state index contributed by atoms with van der Waals surface area (Å²) in [5.41, 5.74) is 0. The highest BCUT2D eigenvalue weighted by molar-refractivity contribution is 6.30. The number of nitrogens with one attached hydrogen (secondary N) is 1. The van der Waals surface area contributed by atoms with Gasteiger partial charge >= 0.3 is 0 Å². The van der Waals surface area contributed by atoms with Crippen LogP contribution < -0.4 is 10.1 Å². The standard InChI is InChI=1S/C18H28ClNO/c1-3-11-20-18(15-9-7-14(2)8-10-15)13-21-17-6-4-5-16(19)12-17/h4-6,12,14-15,18,20H,3,7-11,13H2,1-2H3. The van der Waals surface area contributed by atoms with Gasteiger partial charge in [-0.25, -0.2) is 0 Å². The Morgan fingerprint density at radius 1 is 1.29 bits per heavy atom. The van der Waals surface area contributed by atoms with Crippen molar-refractivity contribution in [2.24, 2.45) is 11.8 Å². The molecular weight excluding hydrogens is 282 g/mol. The van der Waals surface area contributed by atoms with Crippen LogP contribution in [0.4, 0.5) is 0 Å². The third-order valence-corrected chi connectivity index (χ3v) is 4.75. The Bertz CT molecular complexity index is 415. The Kier molecular flexibility index (Phi) is 6.85. The highest BCUT2D eigenvalue weighted by Crippen LogP contribution is 2.31. The third kappa shape index (κ3) is 5.52. The molecule has 1 atom stereocenters. The molecule has 1 aliphatic rings. The predicted molar refractivity (Wildman–Crippen MR) is 90.2 cm³/mol. The van der Waals surface area contributed by atoms with E-state index in [0.717, 1.165) is 42.2 Å². The Balaban J connectivity index is 1.89. The van der Waals surface area contributed by atoms with E-state index >= 15 is 0 Å². The van der Waals surface area contributed by atoms with E-state index in [2.05, 4.69) is 19.2 Å². The van der Waals surface area contributed by atoms with Gasteiger partial charge in [-0.05, 0) is 55.8 Å². The van der Waals surface area contributed by atoms with Gasteiger partial charge in [-0.1, -0.05) is 44.4 Å². The second-order valence-corrected chi connectivity index (χ2v) is 6.79. The van der Waals surface area contributed by atoms with Crippen LogP contribution in [-0.2, 0) is 0 Å². The van der Waals surface area contributed by atoms with Crippen LogP contribution in [0.3, 0.4) is 0 Å². The van der Waals surface area contributed by atoms with Gasteiger partial charge in [-0.3, -0.25) is 0 Å². The summed E-state index contributed by atoms with van der Waals surface area (Å²) in [6.45, 7) is 6.38. The van der Waals surface area contributed by atoms with Crippen LogP contribution in [0.15, 0.2) is 24.3 Å². The summed E-state index contributed by atoms with van der Waals surface area (Å²) in [6, 6.07) is 8.14. The highest BCUT2D eigenvalue weighted by atomic mass is 35.5. The van der Waals surface area contributed by atoms with Gasteiger partial charge in [-0.2, -0.15) is 0 Å². The molecule has 2 rings (SSSR count). The van der Waals surface area contributed by atoms with Crippen LogP contribution in [0.1, 0.15) is 46.0 Å². The van der Waals surface area contributed by atoms with E-state index in [0.29, 0.717) is 6.04 Å². The lowest BCUT2D eigenvalue weighted by Crippen LogP contribution is -2.42. The van der Waals surface area contributed by atoms with Crippen LogP contribution in [0.5, 0.6) is 5.75 Å². The number of halogens is 1. The first-order valence-electron chi connectivity index (χ1n) is 8.30. The second-order valence-electron chi connectivity index (χ2n) is 6.35. The molecule has 1 N–H and O–H groups in total. The number of hydrogen-bond donors (Lipinski definition) is 1. The second kappa shape index (κ2) is 8.65. The van der Waals surface area contributed by atoms with E-state index in [1.54, 1.807) is 0 Å². The van der Waals surface area contributed by atoms with Gasteiger partial charge in [0.05, 0.1) is 0 Å². The van der Waals surface area contributed by atoms with Gasteiger partial charge in [0.25, 0.3) is 0 Å². The fourth-order valence-corrected chi connectivity index (χ4v) is 3.30. The van der Waals surface area contributed by atoms with Crippen molar-refractivity contribution < 1.29 is 4.74 Å². The summed E-state index contributed by atoms with van der Waals surface area (Å²) in [6.07, 6.45) is 6.51. The Labute approximate surface area is 134 Å². The summed E-state index contributed by atoms with van der Waals surface area (Å²) in [5.74, 6) is 2.50. The van der Waals surface area contributed by atoms with Gasteiger partial charge in [0.1, 0.15) is 12.4 Å².